The average molecular weight is 285 g/mol. The van der Waals surface area contributed by atoms with Crippen molar-refractivity contribution in [2.75, 3.05) is 5.32 Å². The van der Waals surface area contributed by atoms with Crippen LogP contribution in [0.3, 0.4) is 0 Å². The summed E-state index contributed by atoms with van der Waals surface area (Å²) in [5.74, 6) is -0.396. The molecule has 0 aliphatic heterocycles. The molecular weight excluding hydrogens is 270 g/mol. The molecule has 0 heterocycles. The van der Waals surface area contributed by atoms with E-state index in [1.54, 1.807) is 43.3 Å². The van der Waals surface area contributed by atoms with Gasteiger partial charge in [0, 0.05) is 18.2 Å². The van der Waals surface area contributed by atoms with E-state index < -0.39 is 10.8 Å². The predicted octanol–water partition coefficient (Wildman–Crippen LogP) is 2.61. The van der Waals surface area contributed by atoms with Crippen LogP contribution in [-0.4, -0.2) is 10.8 Å². The van der Waals surface area contributed by atoms with Crippen LogP contribution in [0.1, 0.15) is 21.5 Å². The maximum atomic E-state index is 12.1. The highest BCUT2D eigenvalue weighted by atomic mass is 16.6. The molecule has 0 fully saturated rings. The molecule has 6 heteroatoms. The smallest absolute Gasteiger partial charge is 0.292 e. The van der Waals surface area contributed by atoms with E-state index in [9.17, 15) is 14.9 Å². The van der Waals surface area contributed by atoms with Crippen LogP contribution in [0.25, 0.3) is 0 Å². The Morgan fingerprint density at radius 1 is 1.24 bits per heavy atom. The number of amides is 1. The Balaban J connectivity index is 2.26. The first kappa shape index (κ1) is 14.7. The highest BCUT2D eigenvalue weighted by molar-refractivity contribution is 6.05. The maximum Gasteiger partial charge on any atom is 0.292 e. The SMILES string of the molecule is Cc1ccc([N+](=O)[O-])c(NC(=O)c2ccc(CN)cc2)c1. The summed E-state index contributed by atoms with van der Waals surface area (Å²) >= 11 is 0. The zero-order chi connectivity index (χ0) is 15.4. The zero-order valence-corrected chi connectivity index (χ0v) is 11.5. The lowest BCUT2D eigenvalue weighted by molar-refractivity contribution is -0.383. The number of benzene rings is 2. The summed E-state index contributed by atoms with van der Waals surface area (Å²) in [5.41, 5.74) is 7.71. The van der Waals surface area contributed by atoms with Crippen LogP contribution in [0, 0.1) is 17.0 Å². The number of nitro groups is 1. The van der Waals surface area contributed by atoms with Crippen LogP contribution >= 0.6 is 0 Å². The van der Waals surface area contributed by atoms with Gasteiger partial charge >= 0.3 is 0 Å². The van der Waals surface area contributed by atoms with Crippen LogP contribution in [0.15, 0.2) is 42.5 Å². The minimum absolute atomic E-state index is 0.132. The van der Waals surface area contributed by atoms with E-state index in [-0.39, 0.29) is 11.4 Å². The molecule has 3 N–H and O–H groups in total. The molecule has 0 atom stereocenters. The summed E-state index contributed by atoms with van der Waals surface area (Å²) in [6.07, 6.45) is 0. The normalized spacial score (nSPS) is 10.2. The van der Waals surface area contributed by atoms with Crippen molar-refractivity contribution in [2.45, 2.75) is 13.5 Å². The van der Waals surface area contributed by atoms with E-state index in [0.717, 1.165) is 11.1 Å². The predicted molar refractivity (Wildman–Crippen MR) is 80.1 cm³/mol. The molecule has 2 aromatic carbocycles. The molecule has 1 amide bonds. The first-order valence-electron chi connectivity index (χ1n) is 6.36. The van der Waals surface area contributed by atoms with Crippen molar-refractivity contribution in [1.29, 1.82) is 0 Å². The fourth-order valence-corrected chi connectivity index (χ4v) is 1.90. The Morgan fingerprint density at radius 2 is 1.90 bits per heavy atom. The molecule has 0 aliphatic rings. The van der Waals surface area contributed by atoms with E-state index in [1.807, 2.05) is 0 Å². The number of hydrogen-bond donors (Lipinski definition) is 2. The summed E-state index contributed by atoms with van der Waals surface area (Å²) in [4.78, 5) is 22.6. The number of anilines is 1. The Kier molecular flexibility index (Phi) is 4.30. The molecule has 0 spiro atoms. The molecule has 0 bridgehead atoms. The summed E-state index contributed by atoms with van der Waals surface area (Å²) in [7, 11) is 0. The summed E-state index contributed by atoms with van der Waals surface area (Å²) < 4.78 is 0. The molecule has 6 nitrogen and oxygen atoms in total. The quantitative estimate of drug-likeness (QED) is 0.666. The van der Waals surface area contributed by atoms with Gasteiger partial charge in [-0.1, -0.05) is 18.2 Å². The second kappa shape index (κ2) is 6.15. The van der Waals surface area contributed by atoms with Gasteiger partial charge in [0.25, 0.3) is 11.6 Å². The minimum atomic E-state index is -0.521. The van der Waals surface area contributed by atoms with Crippen LogP contribution in [0.2, 0.25) is 0 Å². The number of nitrogens with one attached hydrogen (secondary N) is 1. The molecule has 0 aromatic heterocycles. The first-order chi connectivity index (χ1) is 10.0. The lowest BCUT2D eigenvalue weighted by Crippen LogP contribution is -2.13. The third kappa shape index (κ3) is 3.43. The second-order valence-electron chi connectivity index (χ2n) is 4.63. The highest BCUT2D eigenvalue weighted by Gasteiger charge is 2.16. The van der Waals surface area contributed by atoms with Crippen molar-refractivity contribution in [3.05, 3.63) is 69.3 Å². The number of nitrogens with zero attached hydrogens (tertiary/aromatic N) is 1. The lowest BCUT2D eigenvalue weighted by atomic mass is 10.1. The number of carbonyl (C=O) groups excluding carboxylic acids is 1. The molecule has 0 saturated carbocycles. The van der Waals surface area contributed by atoms with Gasteiger partial charge in [-0.2, -0.15) is 0 Å². The van der Waals surface area contributed by atoms with E-state index >= 15 is 0 Å². The summed E-state index contributed by atoms with van der Waals surface area (Å²) in [6, 6.07) is 11.4. The monoisotopic (exact) mass is 285 g/mol. The summed E-state index contributed by atoms with van der Waals surface area (Å²) in [6.45, 7) is 2.20. The van der Waals surface area contributed by atoms with Crippen molar-refractivity contribution in [3.63, 3.8) is 0 Å². The lowest BCUT2D eigenvalue weighted by Gasteiger charge is -2.07. The molecular formula is C15H15N3O3. The van der Waals surface area contributed by atoms with Crippen molar-refractivity contribution in [3.8, 4) is 0 Å². The molecule has 108 valence electrons. The largest absolute Gasteiger partial charge is 0.326 e. The molecule has 2 aromatic rings. The molecule has 2 rings (SSSR count). The topological polar surface area (TPSA) is 98.3 Å². The van der Waals surface area contributed by atoms with Crippen LogP contribution in [0.5, 0.6) is 0 Å². The van der Waals surface area contributed by atoms with Gasteiger partial charge in [0.1, 0.15) is 5.69 Å². The Bertz CT molecular complexity index is 681. The fourth-order valence-electron chi connectivity index (χ4n) is 1.90. The van der Waals surface area contributed by atoms with Gasteiger partial charge < -0.3 is 11.1 Å². The first-order valence-corrected chi connectivity index (χ1v) is 6.36. The molecule has 0 aliphatic carbocycles. The number of hydrogen-bond acceptors (Lipinski definition) is 4. The van der Waals surface area contributed by atoms with Gasteiger partial charge in [-0.05, 0) is 36.2 Å². The van der Waals surface area contributed by atoms with Crippen molar-refractivity contribution in [1.82, 2.24) is 0 Å². The van der Waals surface area contributed by atoms with Crippen molar-refractivity contribution in [2.24, 2.45) is 5.73 Å². The van der Waals surface area contributed by atoms with E-state index in [1.165, 1.54) is 6.07 Å². The maximum absolute atomic E-state index is 12.1. The average Bonchev–Trinajstić information content (AvgIpc) is 2.47. The third-order valence-corrected chi connectivity index (χ3v) is 3.05. The molecule has 0 unspecified atom stereocenters. The number of aryl methyl sites for hydroxylation is 1. The second-order valence-corrected chi connectivity index (χ2v) is 4.63. The standard InChI is InChI=1S/C15H15N3O3/c1-10-2-7-14(18(20)21)13(8-10)17-15(19)12-5-3-11(9-16)4-6-12/h2-8H,9,16H2,1H3,(H,17,19). The molecule has 21 heavy (non-hydrogen) atoms. The van der Waals surface area contributed by atoms with Gasteiger partial charge in [0.2, 0.25) is 0 Å². The summed E-state index contributed by atoms with van der Waals surface area (Å²) in [5, 5.41) is 13.5. The number of nitro benzene ring substituents is 1. The van der Waals surface area contributed by atoms with Crippen LogP contribution in [0.4, 0.5) is 11.4 Å². The zero-order valence-electron chi connectivity index (χ0n) is 11.5. The van der Waals surface area contributed by atoms with Gasteiger partial charge in [0.15, 0.2) is 0 Å². The van der Waals surface area contributed by atoms with E-state index in [2.05, 4.69) is 5.32 Å². The van der Waals surface area contributed by atoms with E-state index in [0.29, 0.717) is 12.1 Å². The number of rotatable bonds is 4. The third-order valence-electron chi connectivity index (χ3n) is 3.05. The van der Waals surface area contributed by atoms with Crippen LogP contribution < -0.4 is 11.1 Å². The highest BCUT2D eigenvalue weighted by Crippen LogP contribution is 2.25. The number of nitrogens with two attached hydrogens (primary N) is 1. The van der Waals surface area contributed by atoms with Gasteiger partial charge in [-0.3, -0.25) is 14.9 Å². The van der Waals surface area contributed by atoms with Gasteiger partial charge in [0.05, 0.1) is 4.92 Å². The van der Waals surface area contributed by atoms with Gasteiger partial charge in [-0.15, -0.1) is 0 Å². The van der Waals surface area contributed by atoms with Crippen molar-refractivity contribution >= 4 is 17.3 Å². The number of carbonyl (C=O) groups is 1. The van der Waals surface area contributed by atoms with Gasteiger partial charge in [-0.25, -0.2) is 0 Å². The molecule has 0 radical (unpaired) electrons. The Morgan fingerprint density at radius 3 is 2.48 bits per heavy atom. The van der Waals surface area contributed by atoms with Crippen molar-refractivity contribution < 1.29 is 9.72 Å². The fraction of sp³-hybridized carbons (Fsp3) is 0.133. The Labute approximate surface area is 121 Å². The Hall–Kier alpha value is -2.73. The molecule has 0 saturated heterocycles. The van der Waals surface area contributed by atoms with Crippen LogP contribution in [-0.2, 0) is 6.54 Å². The minimum Gasteiger partial charge on any atom is -0.326 e. The van der Waals surface area contributed by atoms with E-state index in [4.69, 9.17) is 5.73 Å².